The molecule has 5 heteroatoms. The molecule has 1 aromatic heterocycles. The average Bonchev–Trinajstić information content (AvgIpc) is 2.98. The Hall–Kier alpha value is -3.08. The summed E-state index contributed by atoms with van der Waals surface area (Å²) < 4.78 is 41.6. The van der Waals surface area contributed by atoms with Crippen molar-refractivity contribution in [3.63, 3.8) is 0 Å². The Bertz CT molecular complexity index is 1320. The third kappa shape index (κ3) is 5.39. The first-order chi connectivity index (χ1) is 18.0. The molecule has 0 amide bonds. The standard InChI is InChI=1S/C33H39F3N2/c1-8-10-22(6)17-26-18-28(24-13-11-21(5)12-14-24)27(9-2)30-31-25(15-16-29(37-31)33(34,35)36)19-38(20(3)4)32(30)23(26)7/h11-16,20H,6,8-10,17-19H2,1-5,7H3. The molecule has 0 saturated carbocycles. The summed E-state index contributed by atoms with van der Waals surface area (Å²) in [6, 6.07) is 11.4. The third-order valence-electron chi connectivity index (χ3n) is 7.76. The molecule has 2 nitrogen and oxygen atoms in total. The Morgan fingerprint density at radius 1 is 1.05 bits per heavy atom. The van der Waals surface area contributed by atoms with Gasteiger partial charge in [0.25, 0.3) is 0 Å². The van der Waals surface area contributed by atoms with Gasteiger partial charge in [0.2, 0.25) is 0 Å². The Morgan fingerprint density at radius 2 is 1.74 bits per heavy atom. The van der Waals surface area contributed by atoms with Crippen molar-refractivity contribution in [1.29, 1.82) is 0 Å². The van der Waals surface area contributed by atoms with E-state index in [2.05, 4.69) is 82.3 Å². The number of pyridine rings is 1. The predicted molar refractivity (Wildman–Crippen MR) is 151 cm³/mol. The van der Waals surface area contributed by atoms with Crippen LogP contribution in [-0.2, 0) is 12.7 Å². The first kappa shape index (κ1) is 27.9. The molecule has 0 N–H and O–H groups in total. The van der Waals surface area contributed by atoms with Crippen molar-refractivity contribution in [2.24, 2.45) is 0 Å². The summed E-state index contributed by atoms with van der Waals surface area (Å²) in [6.45, 7) is 17.7. The fraction of sp³-hybridized carbons (Fsp3) is 0.424. The van der Waals surface area contributed by atoms with Gasteiger partial charge in [0, 0.05) is 23.9 Å². The van der Waals surface area contributed by atoms with Crippen LogP contribution >= 0.6 is 0 Å². The maximum atomic E-state index is 13.9. The minimum Gasteiger partial charge on any atom is -0.364 e. The lowest BCUT2D eigenvalue weighted by Gasteiger charge is -2.39. The van der Waals surface area contributed by atoms with Gasteiger partial charge in [-0.1, -0.05) is 73.9 Å². The van der Waals surface area contributed by atoms with E-state index in [9.17, 15) is 13.2 Å². The van der Waals surface area contributed by atoms with Crippen LogP contribution in [0.15, 0.2) is 71.0 Å². The summed E-state index contributed by atoms with van der Waals surface area (Å²) in [4.78, 5) is 6.66. The maximum Gasteiger partial charge on any atom is 0.433 e. The fourth-order valence-electron chi connectivity index (χ4n) is 5.77. The number of allylic oxidation sites excluding steroid dienone is 6. The summed E-state index contributed by atoms with van der Waals surface area (Å²) in [6.07, 6.45) is -0.275. The van der Waals surface area contributed by atoms with E-state index in [0.29, 0.717) is 18.7 Å². The smallest absolute Gasteiger partial charge is 0.364 e. The highest BCUT2D eigenvalue weighted by Crippen LogP contribution is 2.49. The molecule has 0 spiro atoms. The van der Waals surface area contributed by atoms with E-state index in [1.165, 1.54) is 22.3 Å². The Labute approximate surface area is 225 Å². The topological polar surface area (TPSA) is 16.1 Å². The van der Waals surface area contributed by atoms with Crippen LogP contribution in [0.4, 0.5) is 13.2 Å². The fourth-order valence-corrected chi connectivity index (χ4v) is 5.77. The molecule has 1 aliphatic heterocycles. The van der Waals surface area contributed by atoms with Crippen LogP contribution in [0.1, 0.15) is 94.8 Å². The number of alkyl halides is 3. The SMILES string of the molecule is C=C(CCC)CC1=C(C)C2=C(C(CC)=C(c3ccc(C)cc3)C1)c1nc(C(F)(F)F)ccc1CN2C(C)C. The van der Waals surface area contributed by atoms with Gasteiger partial charge in [0.1, 0.15) is 5.69 Å². The summed E-state index contributed by atoms with van der Waals surface area (Å²) in [5.74, 6) is 0. The Kier molecular flexibility index (Phi) is 8.06. The van der Waals surface area contributed by atoms with Gasteiger partial charge >= 0.3 is 6.18 Å². The molecule has 0 unspecified atom stereocenters. The van der Waals surface area contributed by atoms with Gasteiger partial charge in [-0.15, -0.1) is 0 Å². The molecule has 202 valence electrons. The van der Waals surface area contributed by atoms with E-state index in [4.69, 9.17) is 0 Å². The van der Waals surface area contributed by atoms with Gasteiger partial charge < -0.3 is 4.90 Å². The van der Waals surface area contributed by atoms with E-state index in [0.717, 1.165) is 65.3 Å². The highest BCUT2D eigenvalue weighted by Gasteiger charge is 2.38. The molecular formula is C33H39F3N2. The molecule has 0 fully saturated rings. The van der Waals surface area contributed by atoms with Crippen LogP contribution in [0, 0.1) is 6.92 Å². The Morgan fingerprint density at radius 3 is 2.32 bits per heavy atom. The molecule has 0 atom stereocenters. The lowest BCUT2D eigenvalue weighted by molar-refractivity contribution is -0.141. The predicted octanol–water partition coefficient (Wildman–Crippen LogP) is 9.67. The van der Waals surface area contributed by atoms with E-state index >= 15 is 0 Å². The first-order valence-corrected chi connectivity index (χ1v) is 13.7. The summed E-state index contributed by atoms with van der Waals surface area (Å²) in [5.41, 5.74) is 10.5. The number of aromatic nitrogens is 1. The highest BCUT2D eigenvalue weighted by atomic mass is 19.4. The third-order valence-corrected chi connectivity index (χ3v) is 7.76. The lowest BCUT2D eigenvalue weighted by Crippen LogP contribution is -2.35. The summed E-state index contributed by atoms with van der Waals surface area (Å²) in [5, 5.41) is 0. The second kappa shape index (κ2) is 11.0. The molecule has 1 aromatic carbocycles. The van der Waals surface area contributed by atoms with Crippen molar-refractivity contribution >= 4 is 11.1 Å². The number of benzene rings is 1. The van der Waals surface area contributed by atoms with Gasteiger partial charge in [-0.05, 0) is 87.3 Å². The van der Waals surface area contributed by atoms with Crippen LogP contribution in [0.3, 0.4) is 0 Å². The second-order valence-corrected chi connectivity index (χ2v) is 10.9. The van der Waals surface area contributed by atoms with Gasteiger partial charge in [-0.25, -0.2) is 4.98 Å². The molecule has 0 bridgehead atoms. The minimum atomic E-state index is -4.50. The van der Waals surface area contributed by atoms with Crippen LogP contribution in [-0.4, -0.2) is 15.9 Å². The molecule has 38 heavy (non-hydrogen) atoms. The average molecular weight is 521 g/mol. The number of nitrogens with zero attached hydrogens (tertiary/aromatic N) is 2. The number of hydrogen-bond donors (Lipinski definition) is 0. The van der Waals surface area contributed by atoms with Gasteiger partial charge in [-0.3, -0.25) is 0 Å². The molecular weight excluding hydrogens is 481 g/mol. The van der Waals surface area contributed by atoms with Gasteiger partial charge in [0.05, 0.1) is 5.69 Å². The molecule has 1 aliphatic carbocycles. The molecule has 0 radical (unpaired) electrons. The second-order valence-electron chi connectivity index (χ2n) is 10.9. The van der Waals surface area contributed by atoms with Crippen molar-refractivity contribution in [2.75, 3.05) is 0 Å². The zero-order valence-electron chi connectivity index (χ0n) is 23.5. The highest BCUT2D eigenvalue weighted by molar-refractivity contribution is 5.94. The van der Waals surface area contributed by atoms with Crippen molar-refractivity contribution in [2.45, 2.75) is 92.4 Å². The van der Waals surface area contributed by atoms with E-state index in [1.54, 1.807) is 6.07 Å². The largest absolute Gasteiger partial charge is 0.433 e. The lowest BCUT2D eigenvalue weighted by atomic mass is 9.85. The maximum absolute atomic E-state index is 13.9. The van der Waals surface area contributed by atoms with E-state index < -0.39 is 11.9 Å². The summed E-state index contributed by atoms with van der Waals surface area (Å²) in [7, 11) is 0. The number of halogens is 3. The number of hydrogen-bond acceptors (Lipinski definition) is 2. The van der Waals surface area contributed by atoms with Crippen molar-refractivity contribution < 1.29 is 13.2 Å². The molecule has 2 aromatic rings. The van der Waals surface area contributed by atoms with Crippen molar-refractivity contribution in [1.82, 2.24) is 9.88 Å². The zero-order chi connectivity index (χ0) is 27.8. The van der Waals surface area contributed by atoms with Crippen molar-refractivity contribution in [3.05, 3.63) is 99.0 Å². The van der Waals surface area contributed by atoms with Crippen LogP contribution < -0.4 is 0 Å². The van der Waals surface area contributed by atoms with Crippen LogP contribution in [0.25, 0.3) is 11.1 Å². The van der Waals surface area contributed by atoms with Crippen molar-refractivity contribution in [3.8, 4) is 0 Å². The van der Waals surface area contributed by atoms with E-state index in [1.807, 2.05) is 0 Å². The van der Waals surface area contributed by atoms with Crippen LogP contribution in [0.5, 0.6) is 0 Å². The molecule has 2 aliphatic rings. The Balaban J connectivity index is 2.10. The first-order valence-electron chi connectivity index (χ1n) is 13.7. The molecule has 0 saturated heterocycles. The molecule has 2 heterocycles. The number of aryl methyl sites for hydroxylation is 1. The van der Waals surface area contributed by atoms with Gasteiger partial charge in [-0.2, -0.15) is 13.2 Å². The minimum absolute atomic E-state index is 0.171. The normalized spacial score (nSPS) is 16.2. The molecule has 4 rings (SSSR count). The summed E-state index contributed by atoms with van der Waals surface area (Å²) >= 11 is 0. The quantitative estimate of drug-likeness (QED) is 0.338. The van der Waals surface area contributed by atoms with E-state index in [-0.39, 0.29) is 6.04 Å². The van der Waals surface area contributed by atoms with Crippen LogP contribution in [0.2, 0.25) is 0 Å². The number of fused-ring (bicyclic) bond motifs is 2. The van der Waals surface area contributed by atoms with Gasteiger partial charge in [0.15, 0.2) is 0 Å². The zero-order valence-corrected chi connectivity index (χ0v) is 23.5. The monoisotopic (exact) mass is 520 g/mol. The number of rotatable bonds is 7.